The van der Waals surface area contributed by atoms with Crippen LogP contribution < -0.4 is 9.64 Å². The van der Waals surface area contributed by atoms with Gasteiger partial charge in [0.25, 0.3) is 5.91 Å². The molecule has 0 aromatic heterocycles. The Morgan fingerprint density at radius 2 is 1.89 bits per heavy atom. The Kier molecular flexibility index (Phi) is 5.88. The van der Waals surface area contributed by atoms with Gasteiger partial charge in [-0.05, 0) is 37.5 Å². The van der Waals surface area contributed by atoms with E-state index in [1.165, 1.54) is 25.1 Å². The van der Waals surface area contributed by atoms with Crippen LogP contribution in [-0.4, -0.2) is 36.1 Å². The number of rotatable bonds is 6. The fraction of sp³-hybridized carbons (Fsp3) is 0.300. The molecule has 1 unspecified atom stereocenters. The van der Waals surface area contributed by atoms with Crippen LogP contribution >= 0.6 is 0 Å². The zero-order valence-electron chi connectivity index (χ0n) is 15.4. The van der Waals surface area contributed by atoms with E-state index in [9.17, 15) is 19.7 Å². The maximum Gasteiger partial charge on any atom is 0.344 e. The number of carbonyl (C=O) groups is 2. The summed E-state index contributed by atoms with van der Waals surface area (Å²) in [5, 5.41) is 11.0. The van der Waals surface area contributed by atoms with Gasteiger partial charge in [0, 0.05) is 18.3 Å². The summed E-state index contributed by atoms with van der Waals surface area (Å²) in [5.74, 6) is -1.12. The molecule has 1 aliphatic rings. The second-order valence-electron chi connectivity index (χ2n) is 6.37. The number of esters is 1. The van der Waals surface area contributed by atoms with Crippen molar-refractivity contribution in [1.29, 1.82) is 0 Å². The van der Waals surface area contributed by atoms with Crippen LogP contribution in [-0.2, 0) is 20.7 Å². The maximum atomic E-state index is 12.7. The van der Waals surface area contributed by atoms with Gasteiger partial charge in [-0.25, -0.2) is 4.79 Å². The Balaban J connectivity index is 1.59. The average molecular weight is 384 g/mol. The lowest BCUT2D eigenvalue weighted by atomic mass is 10.0. The molecule has 1 amide bonds. The van der Waals surface area contributed by atoms with E-state index in [-0.39, 0.29) is 17.3 Å². The fourth-order valence-electron chi connectivity index (χ4n) is 3.13. The van der Waals surface area contributed by atoms with Crippen LogP contribution in [0.25, 0.3) is 0 Å². The van der Waals surface area contributed by atoms with Crippen molar-refractivity contribution < 1.29 is 24.0 Å². The number of hydrogen-bond acceptors (Lipinski definition) is 6. The van der Waals surface area contributed by atoms with Crippen molar-refractivity contribution in [2.75, 3.05) is 18.1 Å². The number of nitrogens with zero attached hydrogens (tertiary/aromatic N) is 2. The quantitative estimate of drug-likeness (QED) is 0.431. The predicted octanol–water partition coefficient (Wildman–Crippen LogP) is 2.88. The van der Waals surface area contributed by atoms with Gasteiger partial charge in [0.05, 0.1) is 4.92 Å². The second-order valence-corrected chi connectivity index (χ2v) is 6.37. The van der Waals surface area contributed by atoms with Crippen LogP contribution in [0.3, 0.4) is 0 Å². The number of nitro benzene ring substituents is 1. The Morgan fingerprint density at radius 3 is 2.68 bits per heavy atom. The molecule has 2 aromatic carbocycles. The van der Waals surface area contributed by atoms with Gasteiger partial charge in [0.15, 0.2) is 18.5 Å². The summed E-state index contributed by atoms with van der Waals surface area (Å²) in [7, 11) is 0. The van der Waals surface area contributed by atoms with Gasteiger partial charge in [0.2, 0.25) is 0 Å². The van der Waals surface area contributed by atoms with Crippen LogP contribution in [0.4, 0.5) is 11.4 Å². The monoisotopic (exact) mass is 384 g/mol. The highest BCUT2D eigenvalue weighted by Gasteiger charge is 2.28. The molecule has 28 heavy (non-hydrogen) atoms. The molecule has 146 valence electrons. The summed E-state index contributed by atoms with van der Waals surface area (Å²) in [6.07, 6.45) is 0.746. The van der Waals surface area contributed by atoms with Crippen LogP contribution in [0.5, 0.6) is 5.75 Å². The summed E-state index contributed by atoms with van der Waals surface area (Å²) < 4.78 is 10.4. The van der Waals surface area contributed by atoms with Crippen molar-refractivity contribution in [3.8, 4) is 5.75 Å². The Labute approximate surface area is 161 Å². The summed E-state index contributed by atoms with van der Waals surface area (Å²) in [5.41, 5.74) is 1.67. The van der Waals surface area contributed by atoms with Gasteiger partial charge in [-0.15, -0.1) is 0 Å². The molecule has 1 heterocycles. The van der Waals surface area contributed by atoms with Gasteiger partial charge in [-0.1, -0.05) is 30.3 Å². The third-order valence-electron chi connectivity index (χ3n) is 4.44. The number of aryl methyl sites for hydroxylation is 1. The number of ether oxygens (including phenoxy) is 2. The minimum Gasteiger partial charge on any atom is -0.475 e. The molecule has 8 nitrogen and oxygen atoms in total. The van der Waals surface area contributed by atoms with Gasteiger partial charge in [-0.3, -0.25) is 14.9 Å². The zero-order chi connectivity index (χ0) is 20.1. The van der Waals surface area contributed by atoms with Crippen LogP contribution in [0, 0.1) is 10.1 Å². The molecule has 0 bridgehead atoms. The van der Waals surface area contributed by atoms with Gasteiger partial charge < -0.3 is 14.4 Å². The first-order valence-electron chi connectivity index (χ1n) is 8.92. The first-order valence-corrected chi connectivity index (χ1v) is 8.92. The molecule has 0 fully saturated rings. The lowest BCUT2D eigenvalue weighted by molar-refractivity contribution is -0.385. The average Bonchev–Trinajstić information content (AvgIpc) is 2.71. The van der Waals surface area contributed by atoms with Crippen molar-refractivity contribution in [2.45, 2.75) is 25.9 Å². The molecule has 1 aliphatic heterocycles. The highest BCUT2D eigenvalue weighted by Crippen LogP contribution is 2.28. The second kappa shape index (κ2) is 8.51. The normalized spacial score (nSPS) is 14.0. The van der Waals surface area contributed by atoms with Gasteiger partial charge >= 0.3 is 11.7 Å². The summed E-state index contributed by atoms with van der Waals surface area (Å²) in [6.45, 7) is 1.53. The Morgan fingerprint density at radius 1 is 1.18 bits per heavy atom. The van der Waals surface area contributed by atoms with E-state index < -0.39 is 23.6 Å². The molecule has 0 saturated carbocycles. The van der Waals surface area contributed by atoms with E-state index in [1.807, 2.05) is 24.3 Å². The van der Waals surface area contributed by atoms with Gasteiger partial charge in [0.1, 0.15) is 0 Å². The topological polar surface area (TPSA) is 99.0 Å². The largest absolute Gasteiger partial charge is 0.475 e. The lowest BCUT2D eigenvalue weighted by Gasteiger charge is -2.31. The third-order valence-corrected chi connectivity index (χ3v) is 4.44. The van der Waals surface area contributed by atoms with Crippen molar-refractivity contribution in [1.82, 2.24) is 0 Å². The van der Waals surface area contributed by atoms with Crippen LogP contribution in [0.1, 0.15) is 18.9 Å². The molecule has 2 aromatic rings. The van der Waals surface area contributed by atoms with E-state index in [4.69, 9.17) is 9.47 Å². The van der Waals surface area contributed by atoms with Crippen molar-refractivity contribution in [3.63, 3.8) is 0 Å². The number of hydrogen-bond donors (Lipinski definition) is 0. The van der Waals surface area contributed by atoms with E-state index in [0.29, 0.717) is 6.54 Å². The van der Waals surface area contributed by atoms with Crippen molar-refractivity contribution in [3.05, 3.63) is 64.2 Å². The predicted molar refractivity (Wildman–Crippen MR) is 101 cm³/mol. The van der Waals surface area contributed by atoms with Crippen LogP contribution in [0.2, 0.25) is 0 Å². The number of fused-ring (bicyclic) bond motifs is 1. The van der Waals surface area contributed by atoms with Crippen molar-refractivity contribution >= 4 is 23.3 Å². The zero-order valence-corrected chi connectivity index (χ0v) is 15.4. The number of anilines is 1. The summed E-state index contributed by atoms with van der Waals surface area (Å²) in [4.78, 5) is 36.8. The number of carbonyl (C=O) groups excluding carboxylic acids is 2. The van der Waals surface area contributed by atoms with E-state index in [1.54, 1.807) is 11.0 Å². The smallest absolute Gasteiger partial charge is 0.344 e. The van der Waals surface area contributed by atoms with E-state index in [2.05, 4.69) is 0 Å². The minimum atomic E-state index is -0.993. The molecule has 0 aliphatic carbocycles. The lowest BCUT2D eigenvalue weighted by Crippen LogP contribution is -2.43. The molecular weight excluding hydrogens is 364 g/mol. The van der Waals surface area contributed by atoms with Gasteiger partial charge in [-0.2, -0.15) is 0 Å². The highest BCUT2D eigenvalue weighted by molar-refractivity contribution is 5.98. The standard InChI is InChI=1S/C20H20N2O6/c1-14(20(24)21-12-6-8-15-7-2-3-9-16(15)21)28-19(23)13-27-18-11-5-4-10-17(18)22(25)26/h2-5,7,9-11,14H,6,8,12-13H2,1H3. The molecule has 0 N–H and O–H groups in total. The van der Waals surface area contributed by atoms with Crippen molar-refractivity contribution in [2.24, 2.45) is 0 Å². The molecule has 1 atom stereocenters. The highest BCUT2D eigenvalue weighted by atomic mass is 16.6. The number of benzene rings is 2. The first kappa shape index (κ1) is 19.3. The summed E-state index contributed by atoms with van der Waals surface area (Å²) in [6, 6.07) is 13.4. The van der Waals surface area contributed by atoms with E-state index in [0.717, 1.165) is 24.1 Å². The molecule has 0 spiro atoms. The fourth-order valence-corrected chi connectivity index (χ4v) is 3.13. The molecule has 0 radical (unpaired) electrons. The SMILES string of the molecule is CC(OC(=O)COc1ccccc1[N+](=O)[O-])C(=O)N1CCCc2ccccc21. The Bertz CT molecular complexity index is 898. The van der Waals surface area contributed by atoms with E-state index >= 15 is 0 Å². The molecular formula is C20H20N2O6. The third kappa shape index (κ3) is 4.28. The first-order chi connectivity index (χ1) is 13.5. The molecule has 8 heteroatoms. The maximum absolute atomic E-state index is 12.7. The van der Waals surface area contributed by atoms with Crippen LogP contribution in [0.15, 0.2) is 48.5 Å². The molecule has 3 rings (SSSR count). The number of amides is 1. The molecule has 0 saturated heterocycles. The summed E-state index contributed by atoms with van der Waals surface area (Å²) >= 11 is 0. The number of para-hydroxylation sites is 3. The Hall–Kier alpha value is -3.42. The minimum absolute atomic E-state index is 0.0339. The number of nitro groups is 1.